The summed E-state index contributed by atoms with van der Waals surface area (Å²) < 4.78 is 12.2. The van der Waals surface area contributed by atoms with Gasteiger partial charge in [0.15, 0.2) is 11.6 Å². The van der Waals surface area contributed by atoms with Gasteiger partial charge in [-0.3, -0.25) is 4.79 Å². The maximum Gasteiger partial charge on any atom is 0.252 e. The summed E-state index contributed by atoms with van der Waals surface area (Å²) in [6, 6.07) is 27.1. The highest BCUT2D eigenvalue weighted by Crippen LogP contribution is 2.46. The van der Waals surface area contributed by atoms with Crippen molar-refractivity contribution in [3.63, 3.8) is 0 Å². The van der Waals surface area contributed by atoms with Crippen molar-refractivity contribution in [2.45, 2.75) is 38.0 Å². The van der Waals surface area contributed by atoms with Crippen molar-refractivity contribution in [3.8, 4) is 5.75 Å². The first-order valence-electron chi connectivity index (χ1n) is 14.4. The van der Waals surface area contributed by atoms with E-state index in [1.807, 2.05) is 37.3 Å². The second-order valence-corrected chi connectivity index (χ2v) is 11.5. The van der Waals surface area contributed by atoms with Gasteiger partial charge in [0, 0.05) is 57.8 Å². The van der Waals surface area contributed by atoms with Crippen LogP contribution in [0.2, 0.25) is 10.0 Å². The van der Waals surface area contributed by atoms with Crippen LogP contribution in [0.3, 0.4) is 0 Å². The van der Waals surface area contributed by atoms with Gasteiger partial charge in [-0.15, -0.1) is 0 Å². The number of benzene rings is 4. The number of azide groups is 1. The summed E-state index contributed by atoms with van der Waals surface area (Å²) in [6.07, 6.45) is -0.412. The zero-order valence-electron chi connectivity index (χ0n) is 24.5. The number of aliphatic hydroxyl groups excluding tert-OH is 1. The number of nitrogens with one attached hydrogen (secondary N) is 1. The fraction of sp³-hybridized carbons (Fsp3) is 0.235. The molecule has 2 atom stereocenters. The molecule has 0 bridgehead atoms. The van der Waals surface area contributed by atoms with E-state index in [4.69, 9.17) is 42.8 Å². The molecule has 2 N–H and O–H groups in total. The molecule has 1 heterocycles. The molecule has 0 unspecified atom stereocenters. The monoisotopic (exact) mass is 643 g/mol. The number of carbonyl (C=O) groups excluding carboxylic acids is 1. The van der Waals surface area contributed by atoms with Gasteiger partial charge >= 0.3 is 0 Å². The quantitative estimate of drug-likeness (QED) is 0.0705. The second-order valence-electron chi connectivity index (χ2n) is 10.6. The first-order chi connectivity index (χ1) is 21.8. The number of hydrogen-bond acceptors (Lipinski definition) is 6. The van der Waals surface area contributed by atoms with Gasteiger partial charge in [-0.1, -0.05) is 88.5 Å². The number of amides is 1. The smallest absolute Gasteiger partial charge is 0.252 e. The molecule has 5 rings (SSSR count). The average Bonchev–Trinajstić information content (AvgIpc) is 3.41. The van der Waals surface area contributed by atoms with Crippen LogP contribution in [-0.2, 0) is 22.5 Å². The molecule has 0 aromatic heterocycles. The molecule has 0 saturated carbocycles. The average molecular weight is 645 g/mol. The molecule has 4 aromatic rings. The van der Waals surface area contributed by atoms with Gasteiger partial charge in [-0.05, 0) is 60.0 Å². The van der Waals surface area contributed by atoms with Crippen molar-refractivity contribution in [2.75, 3.05) is 13.2 Å². The van der Waals surface area contributed by atoms with Gasteiger partial charge in [0.25, 0.3) is 5.91 Å². The SMILES string of the molecule is Cc1cccc(CNC(=O)[C@]2(Cc3ccccc3N=[N+]=[N-])N=C(c3ccc(OCCCO)cc3)O[C@@H]2c2ccc(Cl)cc2Cl)c1. The minimum Gasteiger partial charge on any atom is -0.494 e. The number of carbonyl (C=O) groups is 1. The molecular weight excluding hydrogens is 613 g/mol. The van der Waals surface area contributed by atoms with E-state index in [1.54, 1.807) is 60.7 Å². The molecule has 1 amide bonds. The molecule has 0 spiro atoms. The number of aliphatic imine (C=N–C) groups is 1. The lowest BCUT2D eigenvalue weighted by Crippen LogP contribution is -2.49. The number of hydrogen-bond donors (Lipinski definition) is 2. The predicted octanol–water partition coefficient (Wildman–Crippen LogP) is 7.82. The van der Waals surface area contributed by atoms with Gasteiger partial charge in [-0.2, -0.15) is 0 Å². The Kier molecular flexibility index (Phi) is 10.3. The van der Waals surface area contributed by atoms with Crippen LogP contribution in [0.4, 0.5) is 5.69 Å². The van der Waals surface area contributed by atoms with Gasteiger partial charge < -0.3 is 19.9 Å². The standard InChI is InChI=1S/C34H31Cl2N5O4/c1-22-6-4-7-23(18-22)21-38-33(43)34(20-25-8-2-3-9-30(25)40-41-37)31(28-15-12-26(35)19-29(28)36)45-32(39-34)24-10-13-27(14-11-24)44-17-5-16-42/h2-4,6-15,18-19,31,42H,5,16-17,20-21H2,1H3,(H,38,43)/t31-,34-/m1/s1. The van der Waals surface area contributed by atoms with Crippen LogP contribution in [0, 0.1) is 6.92 Å². The van der Waals surface area contributed by atoms with E-state index in [2.05, 4.69) is 15.3 Å². The van der Waals surface area contributed by atoms with Gasteiger partial charge in [0.1, 0.15) is 5.75 Å². The van der Waals surface area contributed by atoms with Crippen molar-refractivity contribution in [2.24, 2.45) is 10.1 Å². The van der Waals surface area contributed by atoms with Crippen LogP contribution >= 0.6 is 23.2 Å². The number of aliphatic hydroxyl groups is 1. The maximum atomic E-state index is 14.5. The van der Waals surface area contributed by atoms with E-state index in [0.717, 1.165) is 11.1 Å². The Labute approximate surface area is 271 Å². The molecule has 0 saturated heterocycles. The molecular formula is C34H31Cl2N5O4. The number of aryl methyl sites for hydroxylation is 1. The first kappa shape index (κ1) is 31.9. The highest BCUT2D eigenvalue weighted by molar-refractivity contribution is 6.35. The Morgan fingerprint density at radius 1 is 1.09 bits per heavy atom. The minimum atomic E-state index is -1.56. The van der Waals surface area contributed by atoms with Crippen LogP contribution < -0.4 is 10.1 Å². The molecule has 11 heteroatoms. The molecule has 9 nitrogen and oxygen atoms in total. The molecule has 0 aliphatic carbocycles. The van der Waals surface area contributed by atoms with E-state index in [1.165, 1.54) is 0 Å². The Bertz CT molecular complexity index is 1760. The Balaban J connectivity index is 1.62. The summed E-state index contributed by atoms with van der Waals surface area (Å²) in [5.74, 6) is 0.461. The molecule has 1 aliphatic heterocycles. The first-order valence-corrected chi connectivity index (χ1v) is 15.1. The summed E-state index contributed by atoms with van der Waals surface area (Å²) in [5, 5.41) is 16.8. The van der Waals surface area contributed by atoms with Crippen LogP contribution in [-0.4, -0.2) is 35.7 Å². The van der Waals surface area contributed by atoms with Gasteiger partial charge in [0.2, 0.25) is 5.90 Å². The Morgan fingerprint density at radius 3 is 2.62 bits per heavy atom. The molecule has 45 heavy (non-hydrogen) atoms. The zero-order valence-corrected chi connectivity index (χ0v) is 26.0. The number of ether oxygens (including phenoxy) is 2. The molecule has 0 radical (unpaired) electrons. The fourth-order valence-electron chi connectivity index (χ4n) is 5.23. The van der Waals surface area contributed by atoms with Crippen LogP contribution in [0.25, 0.3) is 10.4 Å². The van der Waals surface area contributed by atoms with Crippen molar-refractivity contribution >= 4 is 40.7 Å². The topological polar surface area (TPSA) is 129 Å². The minimum absolute atomic E-state index is 0.0359. The molecule has 230 valence electrons. The molecule has 0 fully saturated rings. The number of halogens is 2. The lowest BCUT2D eigenvalue weighted by atomic mass is 9.81. The van der Waals surface area contributed by atoms with Crippen LogP contribution in [0.1, 0.15) is 40.3 Å². The van der Waals surface area contributed by atoms with Crippen LogP contribution in [0.5, 0.6) is 5.75 Å². The van der Waals surface area contributed by atoms with E-state index in [-0.39, 0.29) is 25.5 Å². The van der Waals surface area contributed by atoms with Crippen LogP contribution in [0.15, 0.2) is 101 Å². The third kappa shape index (κ3) is 7.41. The number of nitrogens with zero attached hydrogens (tertiary/aromatic N) is 4. The summed E-state index contributed by atoms with van der Waals surface area (Å²) in [7, 11) is 0. The van der Waals surface area contributed by atoms with Crippen molar-refractivity contribution in [3.05, 3.63) is 139 Å². The maximum absolute atomic E-state index is 14.5. The number of rotatable bonds is 12. The third-order valence-corrected chi connectivity index (χ3v) is 7.98. The summed E-state index contributed by atoms with van der Waals surface area (Å²) in [6.45, 7) is 2.65. The molecule has 1 aliphatic rings. The van der Waals surface area contributed by atoms with E-state index >= 15 is 0 Å². The fourth-order valence-corrected chi connectivity index (χ4v) is 5.73. The zero-order chi connectivity index (χ0) is 31.8. The Hall–Kier alpha value is -4.53. The van der Waals surface area contributed by atoms with Crippen molar-refractivity contribution in [1.82, 2.24) is 5.32 Å². The largest absolute Gasteiger partial charge is 0.494 e. The lowest BCUT2D eigenvalue weighted by Gasteiger charge is -2.31. The normalized spacial score (nSPS) is 17.2. The van der Waals surface area contributed by atoms with E-state index in [9.17, 15) is 10.3 Å². The summed E-state index contributed by atoms with van der Waals surface area (Å²) in [5.41, 5.74) is 11.8. The summed E-state index contributed by atoms with van der Waals surface area (Å²) >= 11 is 13.0. The lowest BCUT2D eigenvalue weighted by molar-refractivity contribution is -0.129. The highest BCUT2D eigenvalue weighted by atomic mass is 35.5. The van der Waals surface area contributed by atoms with Crippen molar-refractivity contribution in [1.29, 1.82) is 0 Å². The summed E-state index contributed by atoms with van der Waals surface area (Å²) in [4.78, 5) is 22.5. The van der Waals surface area contributed by atoms with E-state index < -0.39 is 17.6 Å². The van der Waals surface area contributed by atoms with Gasteiger partial charge in [-0.25, -0.2) is 4.99 Å². The van der Waals surface area contributed by atoms with Crippen molar-refractivity contribution < 1.29 is 19.4 Å². The molecule has 4 aromatic carbocycles. The van der Waals surface area contributed by atoms with E-state index in [0.29, 0.717) is 51.2 Å². The third-order valence-electron chi connectivity index (χ3n) is 7.41. The Morgan fingerprint density at radius 2 is 1.89 bits per heavy atom. The second kappa shape index (κ2) is 14.5. The highest BCUT2D eigenvalue weighted by Gasteiger charge is 2.54. The predicted molar refractivity (Wildman–Crippen MR) is 175 cm³/mol. The van der Waals surface area contributed by atoms with Gasteiger partial charge in [0.05, 0.1) is 6.61 Å².